The molecule has 3 rings (SSSR count). The van der Waals surface area contributed by atoms with Gasteiger partial charge in [-0.05, 0) is 45.1 Å². The van der Waals surface area contributed by atoms with E-state index in [1.165, 1.54) is 4.88 Å². The molecular weight excluding hydrogens is 342 g/mol. The molecule has 4 nitrogen and oxygen atoms in total. The topological polar surface area (TPSA) is 39.7 Å². The van der Waals surface area contributed by atoms with Crippen LogP contribution in [0.5, 0.6) is 17.2 Å². The van der Waals surface area contributed by atoms with Crippen LogP contribution in [0.2, 0.25) is 0 Å². The standard InChI is InChI=1S/C14H14BrNO3S/c1-17-11-4-9(5-12-14(11)19-8-18-12)6-16-7-13-10(15)2-3-20-13/h2-5,16H,6-8H2,1H3. The molecule has 0 spiro atoms. The van der Waals surface area contributed by atoms with E-state index in [9.17, 15) is 0 Å². The summed E-state index contributed by atoms with van der Waals surface area (Å²) in [6, 6.07) is 6.02. The first-order valence-electron chi connectivity index (χ1n) is 6.17. The molecule has 1 aliphatic heterocycles. The first kappa shape index (κ1) is 13.7. The summed E-state index contributed by atoms with van der Waals surface area (Å²) >= 11 is 5.26. The highest BCUT2D eigenvalue weighted by Crippen LogP contribution is 2.41. The van der Waals surface area contributed by atoms with E-state index in [1.54, 1.807) is 18.4 Å². The SMILES string of the molecule is COc1cc(CNCc2sccc2Br)cc2c1OCO2. The van der Waals surface area contributed by atoms with Gasteiger partial charge in [0, 0.05) is 22.4 Å². The molecule has 0 aliphatic carbocycles. The number of fused-ring (bicyclic) bond motifs is 1. The average Bonchev–Trinajstić information content (AvgIpc) is 3.07. The van der Waals surface area contributed by atoms with Crippen LogP contribution in [0, 0.1) is 0 Å². The second kappa shape index (κ2) is 6.03. The van der Waals surface area contributed by atoms with Gasteiger partial charge in [0.05, 0.1) is 7.11 Å². The van der Waals surface area contributed by atoms with Crippen molar-refractivity contribution >= 4 is 27.3 Å². The summed E-state index contributed by atoms with van der Waals surface area (Å²) in [6.45, 7) is 1.83. The number of methoxy groups -OCH3 is 1. The minimum Gasteiger partial charge on any atom is -0.493 e. The van der Waals surface area contributed by atoms with Crippen molar-refractivity contribution in [1.29, 1.82) is 0 Å². The highest BCUT2D eigenvalue weighted by Gasteiger charge is 2.19. The van der Waals surface area contributed by atoms with Gasteiger partial charge in [-0.1, -0.05) is 0 Å². The van der Waals surface area contributed by atoms with E-state index in [0.29, 0.717) is 11.5 Å². The lowest BCUT2D eigenvalue weighted by Gasteiger charge is -2.09. The van der Waals surface area contributed by atoms with E-state index in [2.05, 4.69) is 32.7 Å². The van der Waals surface area contributed by atoms with Crippen LogP contribution in [-0.2, 0) is 13.1 Å². The van der Waals surface area contributed by atoms with Crippen LogP contribution in [0.25, 0.3) is 0 Å². The molecule has 20 heavy (non-hydrogen) atoms. The maximum absolute atomic E-state index is 5.42. The predicted octanol–water partition coefficient (Wildman–Crippen LogP) is 3.54. The summed E-state index contributed by atoms with van der Waals surface area (Å²) in [5.74, 6) is 2.16. The molecule has 0 unspecified atom stereocenters. The Balaban J connectivity index is 1.67. The third-order valence-electron chi connectivity index (χ3n) is 3.02. The molecule has 0 amide bonds. The van der Waals surface area contributed by atoms with Gasteiger partial charge in [-0.3, -0.25) is 0 Å². The van der Waals surface area contributed by atoms with Gasteiger partial charge in [-0.25, -0.2) is 0 Å². The molecule has 1 aromatic heterocycles. The zero-order valence-electron chi connectivity index (χ0n) is 10.9. The second-order valence-electron chi connectivity index (χ2n) is 4.33. The Labute approximate surface area is 129 Å². The third kappa shape index (κ3) is 2.77. The molecule has 1 aromatic carbocycles. The monoisotopic (exact) mass is 355 g/mol. The fourth-order valence-electron chi connectivity index (χ4n) is 2.06. The molecule has 6 heteroatoms. The molecular formula is C14H14BrNO3S. The molecule has 2 heterocycles. The van der Waals surface area contributed by atoms with Gasteiger partial charge in [-0.15, -0.1) is 11.3 Å². The van der Waals surface area contributed by atoms with E-state index in [-0.39, 0.29) is 6.79 Å². The van der Waals surface area contributed by atoms with Crippen molar-refractivity contribution < 1.29 is 14.2 Å². The molecule has 106 valence electrons. The van der Waals surface area contributed by atoms with Crippen LogP contribution in [0.15, 0.2) is 28.1 Å². The van der Waals surface area contributed by atoms with E-state index >= 15 is 0 Å². The maximum atomic E-state index is 5.42. The van der Waals surface area contributed by atoms with Gasteiger partial charge in [0.2, 0.25) is 12.5 Å². The number of halogens is 1. The van der Waals surface area contributed by atoms with Gasteiger partial charge in [0.1, 0.15) is 0 Å². The van der Waals surface area contributed by atoms with Crippen molar-refractivity contribution in [2.24, 2.45) is 0 Å². The van der Waals surface area contributed by atoms with Gasteiger partial charge in [0.25, 0.3) is 0 Å². The lowest BCUT2D eigenvalue weighted by Crippen LogP contribution is -2.12. The number of thiophene rings is 1. The van der Waals surface area contributed by atoms with Crippen molar-refractivity contribution in [1.82, 2.24) is 5.32 Å². The Morgan fingerprint density at radius 3 is 3.00 bits per heavy atom. The molecule has 1 N–H and O–H groups in total. The predicted molar refractivity (Wildman–Crippen MR) is 81.7 cm³/mol. The minimum atomic E-state index is 0.255. The van der Waals surface area contributed by atoms with E-state index < -0.39 is 0 Å². The van der Waals surface area contributed by atoms with E-state index in [0.717, 1.165) is 28.9 Å². The summed E-state index contributed by atoms with van der Waals surface area (Å²) in [5, 5.41) is 5.49. The quantitative estimate of drug-likeness (QED) is 0.890. The van der Waals surface area contributed by atoms with Crippen molar-refractivity contribution in [3.8, 4) is 17.2 Å². The Morgan fingerprint density at radius 1 is 1.35 bits per heavy atom. The lowest BCUT2D eigenvalue weighted by atomic mass is 10.2. The molecule has 2 aromatic rings. The number of benzene rings is 1. The van der Waals surface area contributed by atoms with E-state index in [1.807, 2.05) is 12.1 Å². The van der Waals surface area contributed by atoms with Crippen LogP contribution in [0.1, 0.15) is 10.4 Å². The Kier molecular flexibility index (Phi) is 4.14. The smallest absolute Gasteiger partial charge is 0.231 e. The summed E-state index contributed by atoms with van der Waals surface area (Å²) in [7, 11) is 1.64. The van der Waals surface area contributed by atoms with Gasteiger partial charge < -0.3 is 19.5 Å². The largest absolute Gasteiger partial charge is 0.493 e. The summed E-state index contributed by atoms with van der Waals surface area (Å²) in [4.78, 5) is 1.29. The van der Waals surface area contributed by atoms with Crippen LogP contribution in [0.3, 0.4) is 0 Å². The molecule has 0 saturated carbocycles. The van der Waals surface area contributed by atoms with Crippen LogP contribution in [0.4, 0.5) is 0 Å². The Bertz CT molecular complexity index is 614. The Morgan fingerprint density at radius 2 is 2.25 bits per heavy atom. The highest BCUT2D eigenvalue weighted by molar-refractivity contribution is 9.10. The molecule has 0 radical (unpaired) electrons. The summed E-state index contributed by atoms with van der Waals surface area (Å²) in [6.07, 6.45) is 0. The zero-order chi connectivity index (χ0) is 13.9. The molecule has 0 atom stereocenters. The van der Waals surface area contributed by atoms with Crippen molar-refractivity contribution in [3.63, 3.8) is 0 Å². The number of nitrogens with one attached hydrogen (secondary N) is 1. The minimum absolute atomic E-state index is 0.255. The summed E-state index contributed by atoms with van der Waals surface area (Å²) in [5.41, 5.74) is 1.11. The highest BCUT2D eigenvalue weighted by atomic mass is 79.9. The van der Waals surface area contributed by atoms with Crippen LogP contribution < -0.4 is 19.5 Å². The molecule has 0 saturated heterocycles. The number of ether oxygens (including phenoxy) is 3. The van der Waals surface area contributed by atoms with Crippen molar-refractivity contribution in [2.75, 3.05) is 13.9 Å². The number of hydrogen-bond acceptors (Lipinski definition) is 5. The fraction of sp³-hybridized carbons (Fsp3) is 0.286. The van der Waals surface area contributed by atoms with E-state index in [4.69, 9.17) is 14.2 Å². The Hall–Kier alpha value is -1.24. The van der Waals surface area contributed by atoms with Crippen molar-refractivity contribution in [3.05, 3.63) is 38.5 Å². The summed E-state index contributed by atoms with van der Waals surface area (Å²) < 4.78 is 17.3. The van der Waals surface area contributed by atoms with Crippen LogP contribution >= 0.6 is 27.3 Å². The lowest BCUT2D eigenvalue weighted by molar-refractivity contribution is 0.171. The third-order valence-corrected chi connectivity index (χ3v) is 4.95. The number of rotatable bonds is 5. The molecule has 0 bridgehead atoms. The zero-order valence-corrected chi connectivity index (χ0v) is 13.3. The second-order valence-corrected chi connectivity index (χ2v) is 6.18. The van der Waals surface area contributed by atoms with Gasteiger partial charge >= 0.3 is 0 Å². The first-order chi connectivity index (χ1) is 9.78. The fourth-order valence-corrected chi connectivity index (χ4v) is 3.52. The maximum Gasteiger partial charge on any atom is 0.231 e. The van der Waals surface area contributed by atoms with Gasteiger partial charge in [-0.2, -0.15) is 0 Å². The molecule has 1 aliphatic rings. The first-order valence-corrected chi connectivity index (χ1v) is 7.84. The average molecular weight is 356 g/mol. The van der Waals surface area contributed by atoms with Crippen LogP contribution in [-0.4, -0.2) is 13.9 Å². The van der Waals surface area contributed by atoms with Gasteiger partial charge in [0.15, 0.2) is 11.5 Å². The molecule has 0 fully saturated rings. The normalized spacial score (nSPS) is 12.7. The van der Waals surface area contributed by atoms with Crippen molar-refractivity contribution in [2.45, 2.75) is 13.1 Å². The number of hydrogen-bond donors (Lipinski definition) is 1.